The summed E-state index contributed by atoms with van der Waals surface area (Å²) in [6.07, 6.45) is 2.97. The summed E-state index contributed by atoms with van der Waals surface area (Å²) in [5, 5.41) is 19.3. The summed E-state index contributed by atoms with van der Waals surface area (Å²) in [6, 6.07) is 13.4. The molecule has 0 atom stereocenters. The Bertz CT molecular complexity index is 1140. The molecule has 10 nitrogen and oxygen atoms in total. The van der Waals surface area contributed by atoms with Crippen LogP contribution >= 0.6 is 0 Å². The summed E-state index contributed by atoms with van der Waals surface area (Å²) in [7, 11) is 0. The Morgan fingerprint density at radius 3 is 2.67 bits per heavy atom. The molecule has 30 heavy (non-hydrogen) atoms. The molecular formula is C20H18N6O4. The third-order valence-electron chi connectivity index (χ3n) is 4.19. The van der Waals surface area contributed by atoms with Crippen LogP contribution in [0.5, 0.6) is 0 Å². The molecule has 3 rings (SSSR count). The number of nitrogens with two attached hydrogens (primary N) is 1. The van der Waals surface area contributed by atoms with Gasteiger partial charge >= 0.3 is 0 Å². The second-order valence-corrected chi connectivity index (χ2v) is 6.42. The van der Waals surface area contributed by atoms with Crippen LogP contribution in [0.25, 0.3) is 11.3 Å². The van der Waals surface area contributed by atoms with Gasteiger partial charge in [0.25, 0.3) is 11.6 Å². The van der Waals surface area contributed by atoms with Gasteiger partial charge in [-0.15, -0.1) is 0 Å². The Kier molecular flexibility index (Phi) is 5.97. The van der Waals surface area contributed by atoms with E-state index in [1.807, 2.05) is 30.3 Å². The third kappa shape index (κ3) is 4.73. The number of nitrogens with one attached hydrogen (secondary N) is 1. The number of hydrogen-bond acceptors (Lipinski definition) is 6. The van der Waals surface area contributed by atoms with Crippen molar-refractivity contribution in [1.29, 1.82) is 0 Å². The number of primary amides is 1. The van der Waals surface area contributed by atoms with E-state index in [9.17, 15) is 19.7 Å². The lowest BCUT2D eigenvalue weighted by Crippen LogP contribution is -2.19. The second-order valence-electron chi connectivity index (χ2n) is 6.42. The van der Waals surface area contributed by atoms with Gasteiger partial charge in [-0.3, -0.25) is 24.4 Å². The summed E-state index contributed by atoms with van der Waals surface area (Å²) in [5.41, 5.74) is 9.89. The molecule has 0 aliphatic carbocycles. The van der Waals surface area contributed by atoms with Gasteiger partial charge in [-0.25, -0.2) is 5.43 Å². The number of amides is 2. The summed E-state index contributed by atoms with van der Waals surface area (Å²) >= 11 is 0. The van der Waals surface area contributed by atoms with Gasteiger partial charge in [0.2, 0.25) is 5.91 Å². The fraction of sp³-hybridized carbons (Fsp3) is 0.100. The van der Waals surface area contributed by atoms with E-state index in [0.717, 1.165) is 5.56 Å². The maximum atomic E-state index is 12.3. The predicted molar refractivity (Wildman–Crippen MR) is 110 cm³/mol. The van der Waals surface area contributed by atoms with Crippen LogP contribution in [-0.4, -0.2) is 32.7 Å². The highest BCUT2D eigenvalue weighted by Crippen LogP contribution is 2.21. The topological polar surface area (TPSA) is 146 Å². The quantitative estimate of drug-likeness (QED) is 0.350. The van der Waals surface area contributed by atoms with E-state index in [0.29, 0.717) is 16.8 Å². The lowest BCUT2D eigenvalue weighted by Gasteiger charge is -2.02. The number of hydrogen-bond donors (Lipinski definition) is 2. The minimum absolute atomic E-state index is 0.104. The molecule has 0 aliphatic heterocycles. The monoisotopic (exact) mass is 406 g/mol. The number of rotatable bonds is 7. The number of nitro benzene ring substituents is 1. The van der Waals surface area contributed by atoms with Gasteiger partial charge in [-0.2, -0.15) is 10.2 Å². The van der Waals surface area contributed by atoms with Crippen LogP contribution in [0.2, 0.25) is 0 Å². The van der Waals surface area contributed by atoms with E-state index in [1.54, 1.807) is 13.1 Å². The smallest absolute Gasteiger partial charge is 0.273 e. The normalized spacial score (nSPS) is 10.8. The highest BCUT2D eigenvalue weighted by Gasteiger charge is 2.15. The standard InChI is InChI=1S/C20H18N6O4/c1-13-7-8-15(9-17(13)26(29)30)20(28)23-22-10-16-11-25(12-18(21)27)24-19(16)14-5-3-2-4-6-14/h2-11H,12H2,1H3,(H2,21,27)(H,23,28)/b22-10-. The molecule has 0 radical (unpaired) electrons. The molecule has 1 aromatic heterocycles. The maximum absolute atomic E-state index is 12.3. The maximum Gasteiger partial charge on any atom is 0.273 e. The molecule has 0 saturated carbocycles. The van der Waals surface area contributed by atoms with Crippen LogP contribution in [0.4, 0.5) is 5.69 Å². The fourth-order valence-electron chi connectivity index (χ4n) is 2.76. The van der Waals surface area contributed by atoms with Crippen molar-refractivity contribution in [2.24, 2.45) is 10.8 Å². The predicted octanol–water partition coefficient (Wildman–Crippen LogP) is 2.02. The Morgan fingerprint density at radius 1 is 1.27 bits per heavy atom. The Hall–Kier alpha value is -4.34. The first-order chi connectivity index (χ1) is 14.3. The van der Waals surface area contributed by atoms with Crippen molar-refractivity contribution in [2.45, 2.75) is 13.5 Å². The molecule has 152 valence electrons. The highest BCUT2D eigenvalue weighted by molar-refractivity contribution is 5.96. The summed E-state index contributed by atoms with van der Waals surface area (Å²) in [6.45, 7) is 1.49. The van der Waals surface area contributed by atoms with Crippen molar-refractivity contribution >= 4 is 23.7 Å². The molecule has 2 amide bonds. The fourth-order valence-corrected chi connectivity index (χ4v) is 2.76. The zero-order valence-corrected chi connectivity index (χ0v) is 16.0. The van der Waals surface area contributed by atoms with Crippen molar-refractivity contribution < 1.29 is 14.5 Å². The molecule has 10 heteroatoms. The van der Waals surface area contributed by atoms with Gasteiger partial charge in [0.15, 0.2) is 0 Å². The zero-order chi connectivity index (χ0) is 21.7. The Morgan fingerprint density at radius 2 is 2.00 bits per heavy atom. The van der Waals surface area contributed by atoms with Gasteiger partial charge in [-0.1, -0.05) is 36.4 Å². The van der Waals surface area contributed by atoms with Gasteiger partial charge in [-0.05, 0) is 13.0 Å². The van der Waals surface area contributed by atoms with E-state index < -0.39 is 16.7 Å². The largest absolute Gasteiger partial charge is 0.368 e. The molecule has 0 aliphatic rings. The lowest BCUT2D eigenvalue weighted by atomic mass is 10.1. The Labute approximate surface area is 171 Å². The number of benzene rings is 2. The highest BCUT2D eigenvalue weighted by atomic mass is 16.6. The van der Waals surface area contributed by atoms with Crippen LogP contribution in [-0.2, 0) is 11.3 Å². The van der Waals surface area contributed by atoms with Gasteiger partial charge < -0.3 is 5.73 Å². The second kappa shape index (κ2) is 8.78. The lowest BCUT2D eigenvalue weighted by molar-refractivity contribution is -0.385. The number of nitrogens with zero attached hydrogens (tertiary/aromatic N) is 4. The molecule has 3 aromatic rings. The van der Waals surface area contributed by atoms with Crippen LogP contribution in [0.1, 0.15) is 21.5 Å². The summed E-state index contributed by atoms with van der Waals surface area (Å²) < 4.78 is 1.39. The number of carbonyl (C=O) groups is 2. The van der Waals surface area contributed by atoms with Crippen molar-refractivity contribution in [1.82, 2.24) is 15.2 Å². The zero-order valence-electron chi connectivity index (χ0n) is 16.0. The number of aryl methyl sites for hydroxylation is 1. The molecule has 0 fully saturated rings. The Balaban J connectivity index is 1.82. The first-order valence-corrected chi connectivity index (χ1v) is 8.85. The number of aromatic nitrogens is 2. The van der Waals surface area contributed by atoms with Gasteiger partial charge in [0.1, 0.15) is 12.2 Å². The molecule has 2 aromatic carbocycles. The number of nitro groups is 1. The average molecular weight is 406 g/mol. The van der Waals surface area contributed by atoms with E-state index in [2.05, 4.69) is 15.6 Å². The third-order valence-corrected chi connectivity index (χ3v) is 4.19. The van der Waals surface area contributed by atoms with Crippen LogP contribution in [0, 0.1) is 17.0 Å². The van der Waals surface area contributed by atoms with Crippen molar-refractivity contribution in [3.05, 3.63) is 81.5 Å². The SMILES string of the molecule is Cc1ccc(C(=O)N/N=C\c2cn(CC(N)=O)nc2-c2ccccc2)cc1[N+](=O)[O-]. The molecule has 0 bridgehead atoms. The first kappa shape index (κ1) is 20.4. The van der Waals surface area contributed by atoms with Crippen LogP contribution < -0.4 is 11.2 Å². The summed E-state index contributed by atoms with van der Waals surface area (Å²) in [5.74, 6) is -1.14. The van der Waals surface area contributed by atoms with Gasteiger partial charge in [0, 0.05) is 34.5 Å². The first-order valence-electron chi connectivity index (χ1n) is 8.85. The molecule has 0 spiro atoms. The minimum Gasteiger partial charge on any atom is -0.368 e. The van der Waals surface area contributed by atoms with Crippen LogP contribution in [0.3, 0.4) is 0 Å². The summed E-state index contributed by atoms with van der Waals surface area (Å²) in [4.78, 5) is 34.0. The molecule has 0 saturated heterocycles. The van der Waals surface area contributed by atoms with Gasteiger partial charge in [0.05, 0.1) is 11.1 Å². The molecule has 3 N–H and O–H groups in total. The molecule has 0 unspecified atom stereocenters. The number of carbonyl (C=O) groups excluding carboxylic acids is 2. The minimum atomic E-state index is -0.597. The van der Waals surface area contributed by atoms with E-state index in [4.69, 9.17) is 5.73 Å². The van der Waals surface area contributed by atoms with Crippen molar-refractivity contribution in [3.8, 4) is 11.3 Å². The molecule has 1 heterocycles. The molecular weight excluding hydrogens is 388 g/mol. The number of hydrazone groups is 1. The van der Waals surface area contributed by atoms with E-state index >= 15 is 0 Å². The average Bonchev–Trinajstić information content (AvgIpc) is 3.10. The van der Waals surface area contributed by atoms with Crippen molar-refractivity contribution in [3.63, 3.8) is 0 Å². The van der Waals surface area contributed by atoms with E-state index in [1.165, 1.54) is 29.1 Å². The van der Waals surface area contributed by atoms with Crippen molar-refractivity contribution in [2.75, 3.05) is 0 Å². The van der Waals surface area contributed by atoms with E-state index in [-0.39, 0.29) is 17.8 Å². The van der Waals surface area contributed by atoms with Crippen LogP contribution in [0.15, 0.2) is 59.8 Å².